The first-order valence-corrected chi connectivity index (χ1v) is 2.11. The molecule has 0 aliphatic rings. The highest BCUT2D eigenvalue weighted by Gasteiger charge is 2.24. The molecule has 0 atom stereocenters. The van der Waals surface area contributed by atoms with Crippen LogP contribution in [0.2, 0.25) is 0 Å². The molecule has 0 aromatic carbocycles. The third-order valence-electron chi connectivity index (χ3n) is 0.134. The van der Waals surface area contributed by atoms with Crippen LogP contribution in [0, 0.1) is 0 Å². The first-order valence-electron chi connectivity index (χ1n) is 2.11. The van der Waals surface area contributed by atoms with Crippen LogP contribution in [0.5, 0.6) is 0 Å². The molecule has 0 amide bonds. The van der Waals surface area contributed by atoms with Crippen LogP contribution in [0.4, 0.5) is 13.2 Å². The zero-order valence-corrected chi connectivity index (χ0v) is 4.77. The molecule has 0 aromatic rings. The van der Waals surface area contributed by atoms with E-state index in [9.17, 15) is 13.2 Å². The van der Waals surface area contributed by atoms with E-state index in [4.69, 9.17) is 9.90 Å². The van der Waals surface area contributed by atoms with Crippen molar-refractivity contribution >= 4 is 6.29 Å². The van der Waals surface area contributed by atoms with E-state index in [0.29, 0.717) is 0 Å². The molecule has 0 unspecified atom stereocenters. The summed E-state index contributed by atoms with van der Waals surface area (Å²) in [5, 5.41) is 7.57. The summed E-state index contributed by atoms with van der Waals surface area (Å²) in [6.07, 6.45) is -5.70. The van der Waals surface area contributed by atoms with Crippen molar-refractivity contribution in [3.05, 3.63) is 0 Å². The summed E-state index contributed by atoms with van der Waals surface area (Å²) in [6.45, 7) is 1.93. The molecule has 0 aromatic heterocycles. The number of carbonyl (C=O) groups excluding carboxylic acids is 1. The Morgan fingerprint density at radius 1 is 1.56 bits per heavy atom. The summed E-state index contributed by atoms with van der Waals surface area (Å²) in [6, 6.07) is 0. The van der Waals surface area contributed by atoms with Crippen LogP contribution in [0.15, 0.2) is 0 Å². The van der Waals surface area contributed by atoms with E-state index in [1.165, 1.54) is 0 Å². The maximum Gasteiger partial charge on any atom is 0.446 e. The van der Waals surface area contributed by atoms with Crippen LogP contribution in [0.3, 0.4) is 0 Å². The van der Waals surface area contributed by atoms with Gasteiger partial charge in [0.25, 0.3) is 0 Å². The number of hydrogen-bond donors (Lipinski definition) is 1. The molecule has 1 N–H and O–H groups in total. The Balaban J connectivity index is 0. The molecular formula is C4H7F3O2. The zero-order chi connectivity index (χ0) is 7.91. The second kappa shape index (κ2) is 5.55. The SMILES string of the molecule is CCO.O=CC(F)(F)F. The fraction of sp³-hybridized carbons (Fsp3) is 0.750. The van der Waals surface area contributed by atoms with Gasteiger partial charge in [0.2, 0.25) is 6.29 Å². The van der Waals surface area contributed by atoms with E-state index < -0.39 is 12.5 Å². The lowest BCUT2D eigenvalue weighted by Crippen LogP contribution is -2.07. The fourth-order valence-electron chi connectivity index (χ4n) is 0. The second-order valence-electron chi connectivity index (χ2n) is 0.976. The Morgan fingerprint density at radius 2 is 1.67 bits per heavy atom. The minimum Gasteiger partial charge on any atom is -0.397 e. The van der Waals surface area contributed by atoms with Crippen LogP contribution >= 0.6 is 0 Å². The van der Waals surface area contributed by atoms with Crippen molar-refractivity contribution in [3.63, 3.8) is 0 Å². The van der Waals surface area contributed by atoms with Crippen LogP contribution in [0.25, 0.3) is 0 Å². The molecule has 0 aliphatic carbocycles. The number of aliphatic hydroxyl groups is 1. The number of alkyl halides is 3. The topological polar surface area (TPSA) is 37.3 Å². The Morgan fingerprint density at radius 3 is 1.67 bits per heavy atom. The predicted octanol–water partition coefficient (Wildman–Crippen LogP) is 0.746. The van der Waals surface area contributed by atoms with Gasteiger partial charge in [0.1, 0.15) is 0 Å². The number of aldehydes is 1. The van der Waals surface area contributed by atoms with Crippen LogP contribution < -0.4 is 0 Å². The Bertz CT molecular complexity index is 68.7. The highest BCUT2D eigenvalue weighted by atomic mass is 19.4. The van der Waals surface area contributed by atoms with Gasteiger partial charge in [-0.2, -0.15) is 13.2 Å². The lowest BCUT2D eigenvalue weighted by Gasteiger charge is -1.87. The Hall–Kier alpha value is -0.580. The third-order valence-corrected chi connectivity index (χ3v) is 0.134. The van der Waals surface area contributed by atoms with E-state index in [2.05, 4.69) is 0 Å². The van der Waals surface area contributed by atoms with Gasteiger partial charge in [0, 0.05) is 6.61 Å². The molecule has 0 bridgehead atoms. The van der Waals surface area contributed by atoms with Crippen LogP contribution in [-0.4, -0.2) is 24.2 Å². The van der Waals surface area contributed by atoms with E-state index in [0.717, 1.165) is 0 Å². The summed E-state index contributed by atoms with van der Waals surface area (Å²) < 4.78 is 31.2. The predicted molar refractivity (Wildman–Crippen MR) is 24.9 cm³/mol. The van der Waals surface area contributed by atoms with Crippen molar-refractivity contribution in [2.24, 2.45) is 0 Å². The van der Waals surface area contributed by atoms with Gasteiger partial charge in [-0.25, -0.2) is 0 Å². The smallest absolute Gasteiger partial charge is 0.397 e. The molecule has 2 nitrogen and oxygen atoms in total. The molecule has 9 heavy (non-hydrogen) atoms. The molecule has 0 saturated carbocycles. The highest BCUT2D eigenvalue weighted by molar-refractivity contribution is 5.56. The molecule has 0 saturated heterocycles. The molecule has 0 heterocycles. The largest absolute Gasteiger partial charge is 0.446 e. The molecule has 56 valence electrons. The summed E-state index contributed by atoms with van der Waals surface area (Å²) >= 11 is 0. The summed E-state index contributed by atoms with van der Waals surface area (Å²) in [5.74, 6) is 0. The summed E-state index contributed by atoms with van der Waals surface area (Å²) in [7, 11) is 0. The number of rotatable bonds is 0. The monoisotopic (exact) mass is 144 g/mol. The molecular weight excluding hydrogens is 137 g/mol. The van der Waals surface area contributed by atoms with Crippen molar-refractivity contribution in [2.75, 3.05) is 6.61 Å². The first-order chi connectivity index (χ1) is 3.97. The molecule has 5 heteroatoms. The number of aliphatic hydroxyl groups excluding tert-OH is 1. The van der Waals surface area contributed by atoms with Gasteiger partial charge in [0.15, 0.2) is 0 Å². The standard InChI is InChI=1S/C2HF3O.C2H6O/c3-2(4,5)1-6;1-2-3/h1H;3H,2H2,1H3. The van der Waals surface area contributed by atoms with E-state index in [1.807, 2.05) is 0 Å². The van der Waals surface area contributed by atoms with Crippen molar-refractivity contribution in [1.29, 1.82) is 0 Å². The maximum absolute atomic E-state index is 10.4. The lowest BCUT2D eigenvalue weighted by atomic mass is 10.8. The normalized spacial score (nSPS) is 9.44. The Kier molecular flexibility index (Phi) is 6.94. The molecule has 0 rings (SSSR count). The van der Waals surface area contributed by atoms with Crippen molar-refractivity contribution in [3.8, 4) is 0 Å². The van der Waals surface area contributed by atoms with Crippen LogP contribution in [-0.2, 0) is 4.79 Å². The number of hydrogen-bond acceptors (Lipinski definition) is 2. The average molecular weight is 144 g/mol. The van der Waals surface area contributed by atoms with Gasteiger partial charge in [-0.15, -0.1) is 0 Å². The van der Waals surface area contributed by atoms with E-state index >= 15 is 0 Å². The van der Waals surface area contributed by atoms with E-state index in [-0.39, 0.29) is 6.61 Å². The van der Waals surface area contributed by atoms with Gasteiger partial charge in [-0.3, -0.25) is 4.79 Å². The van der Waals surface area contributed by atoms with E-state index in [1.54, 1.807) is 6.92 Å². The molecule has 0 aliphatic heterocycles. The molecule has 0 fully saturated rings. The van der Waals surface area contributed by atoms with Gasteiger partial charge >= 0.3 is 6.18 Å². The van der Waals surface area contributed by atoms with Crippen molar-refractivity contribution in [1.82, 2.24) is 0 Å². The average Bonchev–Trinajstić information content (AvgIpc) is 1.67. The third kappa shape index (κ3) is 37.2. The van der Waals surface area contributed by atoms with Crippen molar-refractivity contribution < 1.29 is 23.1 Å². The van der Waals surface area contributed by atoms with Gasteiger partial charge in [0.05, 0.1) is 0 Å². The molecule has 0 radical (unpaired) electrons. The minimum absolute atomic E-state index is 0.250. The maximum atomic E-state index is 10.4. The second-order valence-corrected chi connectivity index (χ2v) is 0.976. The lowest BCUT2D eigenvalue weighted by molar-refractivity contribution is -0.156. The summed E-state index contributed by atoms with van der Waals surface area (Å²) in [5.41, 5.74) is 0. The fourth-order valence-corrected chi connectivity index (χ4v) is 0. The van der Waals surface area contributed by atoms with Crippen LogP contribution in [0.1, 0.15) is 6.92 Å². The number of carbonyl (C=O) groups is 1. The minimum atomic E-state index is -4.64. The first kappa shape index (κ1) is 11.2. The molecule has 0 spiro atoms. The quantitative estimate of drug-likeness (QED) is 0.509. The zero-order valence-electron chi connectivity index (χ0n) is 4.77. The Labute approximate surface area is 50.3 Å². The summed E-state index contributed by atoms with van der Waals surface area (Å²) in [4.78, 5) is 8.70. The van der Waals surface area contributed by atoms with Crippen molar-refractivity contribution in [2.45, 2.75) is 13.1 Å². The van der Waals surface area contributed by atoms with Gasteiger partial charge in [-0.05, 0) is 6.92 Å². The van der Waals surface area contributed by atoms with Gasteiger partial charge in [-0.1, -0.05) is 0 Å². The van der Waals surface area contributed by atoms with Gasteiger partial charge < -0.3 is 5.11 Å². The number of halogens is 3. The highest BCUT2D eigenvalue weighted by Crippen LogP contribution is 2.08.